The highest BCUT2D eigenvalue weighted by Crippen LogP contribution is 2.28. The Morgan fingerprint density at radius 1 is 1.50 bits per heavy atom. The number of ether oxygens (including phenoxy) is 1. The molecule has 2 atom stereocenters. The first-order chi connectivity index (χ1) is 11.2. The summed E-state index contributed by atoms with van der Waals surface area (Å²) < 4.78 is 35.9. The lowest BCUT2D eigenvalue weighted by atomic mass is 10.0. The summed E-state index contributed by atoms with van der Waals surface area (Å²) in [6, 6.07) is 6.77. The van der Waals surface area contributed by atoms with Gasteiger partial charge >= 0.3 is 10.3 Å². The third-order valence-electron chi connectivity index (χ3n) is 3.42. The van der Waals surface area contributed by atoms with Gasteiger partial charge in [0.2, 0.25) is 11.6 Å². The van der Waals surface area contributed by atoms with Crippen molar-refractivity contribution in [1.82, 2.24) is 9.62 Å². The smallest absolute Gasteiger partial charge is 0.349 e. The third kappa shape index (κ3) is 3.16. The van der Waals surface area contributed by atoms with Crippen LogP contribution in [0.25, 0.3) is 10.4 Å². The molecule has 128 valence electrons. The molecule has 0 aliphatic carbocycles. The van der Waals surface area contributed by atoms with Gasteiger partial charge in [-0.15, -0.1) is 0 Å². The Hall–Kier alpha value is -2.66. The van der Waals surface area contributed by atoms with Gasteiger partial charge in [-0.05, 0) is 11.1 Å². The average molecular weight is 355 g/mol. The number of carbonyl (C=O) groups excluding carboxylic acids is 2. The predicted molar refractivity (Wildman–Crippen MR) is 79.5 cm³/mol. The monoisotopic (exact) mass is 355 g/mol. The molecule has 11 nitrogen and oxygen atoms in total. The van der Waals surface area contributed by atoms with Gasteiger partial charge < -0.3 is 10.1 Å². The number of benzene rings is 1. The van der Waals surface area contributed by atoms with E-state index in [0.29, 0.717) is 5.56 Å². The molecule has 24 heavy (non-hydrogen) atoms. The first kappa shape index (κ1) is 17.7. The van der Waals surface area contributed by atoms with Crippen LogP contribution < -0.4 is 5.32 Å². The normalized spacial score (nSPS) is 21.4. The zero-order valence-electron chi connectivity index (χ0n) is 12.4. The van der Waals surface area contributed by atoms with Gasteiger partial charge in [-0.1, -0.05) is 35.4 Å². The Morgan fingerprint density at radius 3 is 2.58 bits per heavy atom. The van der Waals surface area contributed by atoms with Crippen LogP contribution in [0.4, 0.5) is 0 Å². The molecule has 1 aliphatic rings. The maximum atomic E-state index is 12.4. The Kier molecular flexibility index (Phi) is 4.76. The summed E-state index contributed by atoms with van der Waals surface area (Å²) >= 11 is 0. The minimum Gasteiger partial charge on any atom is -0.349 e. The number of nitrogens with zero attached hydrogens (tertiary/aromatic N) is 4. The molecule has 0 saturated carbocycles. The molecule has 0 radical (unpaired) electrons. The minimum absolute atomic E-state index is 0.141. The summed E-state index contributed by atoms with van der Waals surface area (Å²) in [6.07, 6.45) is 0. The fourth-order valence-corrected chi connectivity index (χ4v) is 2.86. The number of β-lactam (4-membered cyclic amide) rings is 1. The van der Waals surface area contributed by atoms with Crippen LogP contribution in [-0.2, 0) is 24.6 Å². The zero-order chi connectivity index (χ0) is 18.0. The molecule has 1 fully saturated rings. The van der Waals surface area contributed by atoms with E-state index in [9.17, 15) is 18.0 Å². The lowest BCUT2D eigenvalue weighted by Gasteiger charge is -2.45. The zero-order valence-corrected chi connectivity index (χ0v) is 13.2. The lowest BCUT2D eigenvalue weighted by Crippen LogP contribution is -2.76. The largest absolute Gasteiger partial charge is 0.362 e. The standard InChI is InChI=1S/C12H13N5O6S/c1-23-12(7-17(11(12)19)24(20,21)22)14-10(18)9(15-16-13)8-5-3-2-4-6-8/h2-6,9H,7H2,1H3,(H,14,18)(H,20,21,22). The Balaban J connectivity index is 2.23. The lowest BCUT2D eigenvalue weighted by molar-refractivity contribution is -0.180. The van der Waals surface area contributed by atoms with E-state index < -0.39 is 40.4 Å². The number of hydrogen-bond donors (Lipinski definition) is 2. The summed E-state index contributed by atoms with van der Waals surface area (Å²) in [5, 5.41) is 5.61. The molecule has 2 N–H and O–H groups in total. The fraction of sp³-hybridized carbons (Fsp3) is 0.333. The fourth-order valence-electron chi connectivity index (χ4n) is 2.16. The number of amides is 2. The van der Waals surface area contributed by atoms with Crippen LogP contribution in [0.2, 0.25) is 0 Å². The Bertz CT molecular complexity index is 806. The molecule has 1 aromatic rings. The van der Waals surface area contributed by atoms with Crippen LogP contribution in [0.3, 0.4) is 0 Å². The number of methoxy groups -OCH3 is 1. The summed E-state index contributed by atoms with van der Waals surface area (Å²) in [6.45, 7) is -0.606. The summed E-state index contributed by atoms with van der Waals surface area (Å²) in [5.74, 6) is -2.02. The van der Waals surface area contributed by atoms with E-state index in [4.69, 9.17) is 14.8 Å². The van der Waals surface area contributed by atoms with Gasteiger partial charge in [0.25, 0.3) is 5.91 Å². The van der Waals surface area contributed by atoms with Crippen LogP contribution in [0.15, 0.2) is 35.4 Å². The molecular weight excluding hydrogens is 342 g/mol. The maximum absolute atomic E-state index is 12.4. The average Bonchev–Trinajstić information content (AvgIpc) is 2.55. The number of carbonyl (C=O) groups is 2. The topological polar surface area (TPSA) is 162 Å². The van der Waals surface area contributed by atoms with Crippen LogP contribution >= 0.6 is 0 Å². The molecule has 0 bridgehead atoms. The molecule has 1 saturated heterocycles. The van der Waals surface area contributed by atoms with Gasteiger partial charge in [-0.3, -0.25) is 14.1 Å². The quantitative estimate of drug-likeness (QED) is 0.184. The van der Waals surface area contributed by atoms with Gasteiger partial charge in [-0.2, -0.15) is 8.42 Å². The van der Waals surface area contributed by atoms with E-state index in [-0.39, 0.29) is 4.31 Å². The number of nitrogens with one attached hydrogen (secondary N) is 1. The van der Waals surface area contributed by atoms with E-state index in [0.717, 1.165) is 7.11 Å². The van der Waals surface area contributed by atoms with Crippen LogP contribution in [0, 0.1) is 0 Å². The van der Waals surface area contributed by atoms with Crippen molar-refractivity contribution in [3.63, 3.8) is 0 Å². The van der Waals surface area contributed by atoms with Crippen molar-refractivity contribution in [2.24, 2.45) is 5.11 Å². The maximum Gasteiger partial charge on any atom is 0.362 e. The molecular formula is C12H13N5O6S. The summed E-state index contributed by atoms with van der Waals surface area (Å²) in [4.78, 5) is 26.9. The van der Waals surface area contributed by atoms with Crippen molar-refractivity contribution in [3.8, 4) is 0 Å². The number of rotatable bonds is 6. The molecule has 2 amide bonds. The van der Waals surface area contributed by atoms with E-state index in [1.165, 1.54) is 0 Å². The van der Waals surface area contributed by atoms with Crippen molar-refractivity contribution < 1.29 is 27.3 Å². The molecule has 1 aromatic carbocycles. The molecule has 2 rings (SSSR count). The molecule has 2 unspecified atom stereocenters. The Morgan fingerprint density at radius 2 is 2.12 bits per heavy atom. The van der Waals surface area contributed by atoms with E-state index in [2.05, 4.69) is 15.3 Å². The first-order valence-electron chi connectivity index (χ1n) is 6.51. The highest BCUT2D eigenvalue weighted by molar-refractivity contribution is 7.84. The van der Waals surface area contributed by atoms with E-state index in [1.54, 1.807) is 30.3 Å². The summed E-state index contributed by atoms with van der Waals surface area (Å²) in [7, 11) is -3.66. The highest BCUT2D eigenvalue weighted by Gasteiger charge is 2.59. The second-order valence-electron chi connectivity index (χ2n) is 4.83. The van der Waals surface area contributed by atoms with Gasteiger partial charge in [0.05, 0.1) is 6.54 Å². The van der Waals surface area contributed by atoms with Gasteiger partial charge in [0, 0.05) is 12.0 Å². The summed E-state index contributed by atoms with van der Waals surface area (Å²) in [5.41, 5.74) is 7.05. The SMILES string of the molecule is COC1(NC(=O)C(N=[N+]=[N-])c2ccccc2)CN(S(=O)(=O)O)C1=O. The minimum atomic E-state index is -4.74. The second-order valence-corrected chi connectivity index (χ2v) is 6.16. The molecule has 0 aromatic heterocycles. The molecule has 0 spiro atoms. The van der Waals surface area contributed by atoms with Gasteiger partial charge in [0.15, 0.2) is 0 Å². The van der Waals surface area contributed by atoms with Gasteiger partial charge in [0.1, 0.15) is 6.04 Å². The van der Waals surface area contributed by atoms with Crippen LogP contribution in [-0.4, -0.2) is 48.5 Å². The second kappa shape index (κ2) is 6.45. The van der Waals surface area contributed by atoms with Crippen molar-refractivity contribution in [2.75, 3.05) is 13.7 Å². The number of hydrogen-bond acceptors (Lipinski definition) is 6. The van der Waals surface area contributed by atoms with E-state index in [1.807, 2.05) is 0 Å². The van der Waals surface area contributed by atoms with Crippen molar-refractivity contribution in [1.29, 1.82) is 0 Å². The van der Waals surface area contributed by atoms with Crippen LogP contribution in [0.5, 0.6) is 0 Å². The molecule has 1 heterocycles. The predicted octanol–water partition coefficient (Wildman–Crippen LogP) is 0.142. The van der Waals surface area contributed by atoms with Crippen LogP contribution in [0.1, 0.15) is 11.6 Å². The van der Waals surface area contributed by atoms with Crippen molar-refractivity contribution in [2.45, 2.75) is 11.8 Å². The molecule has 12 heteroatoms. The van der Waals surface area contributed by atoms with Crippen molar-refractivity contribution >= 4 is 22.1 Å². The third-order valence-corrected chi connectivity index (χ3v) is 4.27. The van der Waals surface area contributed by atoms with Gasteiger partial charge in [-0.25, -0.2) is 4.31 Å². The Labute approximate surface area is 136 Å². The highest BCUT2D eigenvalue weighted by atomic mass is 32.2. The number of azide groups is 1. The van der Waals surface area contributed by atoms with E-state index >= 15 is 0 Å². The van der Waals surface area contributed by atoms with Crippen molar-refractivity contribution in [3.05, 3.63) is 46.3 Å². The molecule has 1 aliphatic heterocycles. The first-order valence-corrected chi connectivity index (χ1v) is 7.91.